The van der Waals surface area contributed by atoms with Gasteiger partial charge >= 0.3 is 0 Å². The molecule has 0 radical (unpaired) electrons. The lowest BCUT2D eigenvalue weighted by molar-refractivity contribution is 0.0933. The SMILES string of the molecule is CC(C)C(=O)c1cccc2cc3c(C(=O)C(C)C)cccc3cc12. The molecular formula is C22H22O2. The lowest BCUT2D eigenvalue weighted by Gasteiger charge is -2.12. The van der Waals surface area contributed by atoms with Crippen LogP contribution < -0.4 is 0 Å². The highest BCUT2D eigenvalue weighted by molar-refractivity contribution is 6.15. The van der Waals surface area contributed by atoms with Gasteiger partial charge in [0.1, 0.15) is 0 Å². The van der Waals surface area contributed by atoms with Gasteiger partial charge in [-0.15, -0.1) is 0 Å². The molecule has 3 rings (SSSR count). The summed E-state index contributed by atoms with van der Waals surface area (Å²) in [6, 6.07) is 15.7. The molecule has 0 aliphatic heterocycles. The van der Waals surface area contributed by atoms with E-state index in [2.05, 4.69) is 0 Å². The lowest BCUT2D eigenvalue weighted by Crippen LogP contribution is -2.09. The van der Waals surface area contributed by atoms with E-state index in [0.717, 1.165) is 32.7 Å². The monoisotopic (exact) mass is 318 g/mol. The van der Waals surface area contributed by atoms with Crippen LogP contribution in [0.25, 0.3) is 21.5 Å². The number of carbonyl (C=O) groups is 2. The number of Topliss-reactive ketones (excluding diaryl/α,β-unsaturated/α-hetero) is 2. The van der Waals surface area contributed by atoms with E-state index in [1.54, 1.807) is 0 Å². The Balaban J connectivity index is 2.31. The Hall–Kier alpha value is -2.48. The molecule has 0 saturated heterocycles. The number of carbonyl (C=O) groups excluding carboxylic acids is 2. The van der Waals surface area contributed by atoms with Crippen LogP contribution in [0.5, 0.6) is 0 Å². The number of benzene rings is 3. The predicted octanol–water partition coefficient (Wildman–Crippen LogP) is 5.67. The standard InChI is InChI=1S/C22H22O2/c1-13(2)21(23)17-9-5-7-15-12-20-16(11-19(15)17)8-6-10-18(20)22(24)14(3)4/h5-14H,1-4H3. The van der Waals surface area contributed by atoms with Crippen LogP contribution >= 0.6 is 0 Å². The van der Waals surface area contributed by atoms with Crippen molar-refractivity contribution in [1.82, 2.24) is 0 Å². The fourth-order valence-electron chi connectivity index (χ4n) is 3.10. The number of ketones is 2. The Morgan fingerprint density at radius 1 is 0.667 bits per heavy atom. The predicted molar refractivity (Wildman–Crippen MR) is 99.8 cm³/mol. The molecule has 0 bridgehead atoms. The van der Waals surface area contributed by atoms with Crippen LogP contribution in [0.15, 0.2) is 48.5 Å². The Morgan fingerprint density at radius 3 is 1.38 bits per heavy atom. The van der Waals surface area contributed by atoms with Crippen LogP contribution in [0, 0.1) is 11.8 Å². The molecule has 0 unspecified atom stereocenters. The van der Waals surface area contributed by atoms with Crippen LogP contribution in [-0.2, 0) is 0 Å². The Bertz CT molecular complexity index is 869. The highest BCUT2D eigenvalue weighted by Crippen LogP contribution is 2.29. The zero-order valence-corrected chi connectivity index (χ0v) is 14.6. The summed E-state index contributed by atoms with van der Waals surface area (Å²) < 4.78 is 0. The van der Waals surface area contributed by atoms with Crippen molar-refractivity contribution in [2.75, 3.05) is 0 Å². The van der Waals surface area contributed by atoms with Gasteiger partial charge in [0.2, 0.25) is 0 Å². The summed E-state index contributed by atoms with van der Waals surface area (Å²) in [5.41, 5.74) is 1.51. The van der Waals surface area contributed by atoms with Gasteiger partial charge in [-0.25, -0.2) is 0 Å². The third-order valence-corrected chi connectivity index (χ3v) is 4.46. The van der Waals surface area contributed by atoms with E-state index in [1.807, 2.05) is 76.2 Å². The maximum absolute atomic E-state index is 12.5. The van der Waals surface area contributed by atoms with Crippen LogP contribution in [-0.4, -0.2) is 11.6 Å². The normalized spacial score (nSPS) is 11.6. The number of rotatable bonds is 4. The first-order chi connectivity index (χ1) is 11.4. The molecule has 0 amide bonds. The summed E-state index contributed by atoms with van der Waals surface area (Å²) in [6.07, 6.45) is 0. The average Bonchev–Trinajstić information content (AvgIpc) is 2.57. The summed E-state index contributed by atoms with van der Waals surface area (Å²) >= 11 is 0. The molecule has 0 aliphatic rings. The topological polar surface area (TPSA) is 34.1 Å². The van der Waals surface area contributed by atoms with Crippen molar-refractivity contribution in [3.63, 3.8) is 0 Å². The van der Waals surface area contributed by atoms with E-state index in [9.17, 15) is 9.59 Å². The van der Waals surface area contributed by atoms with E-state index in [-0.39, 0.29) is 23.4 Å². The Kier molecular flexibility index (Phi) is 4.23. The molecule has 0 aromatic heterocycles. The number of fused-ring (bicyclic) bond motifs is 2. The smallest absolute Gasteiger partial charge is 0.166 e. The minimum atomic E-state index is -0.0415. The highest BCUT2D eigenvalue weighted by atomic mass is 16.1. The van der Waals surface area contributed by atoms with Crippen molar-refractivity contribution in [1.29, 1.82) is 0 Å². The largest absolute Gasteiger partial charge is 0.294 e. The van der Waals surface area contributed by atoms with Crippen LogP contribution in [0.2, 0.25) is 0 Å². The minimum Gasteiger partial charge on any atom is -0.294 e. The van der Waals surface area contributed by atoms with Crippen molar-refractivity contribution in [2.45, 2.75) is 27.7 Å². The summed E-state index contributed by atoms with van der Waals surface area (Å²) in [4.78, 5) is 25.0. The van der Waals surface area contributed by atoms with Gasteiger partial charge in [0.15, 0.2) is 11.6 Å². The fraction of sp³-hybridized carbons (Fsp3) is 0.273. The Labute approximate surface area is 142 Å². The maximum Gasteiger partial charge on any atom is 0.166 e. The van der Waals surface area contributed by atoms with Crippen molar-refractivity contribution in [2.24, 2.45) is 11.8 Å². The number of hydrogen-bond acceptors (Lipinski definition) is 2. The van der Waals surface area contributed by atoms with Crippen LogP contribution in [0.4, 0.5) is 0 Å². The lowest BCUT2D eigenvalue weighted by atomic mass is 9.90. The first-order valence-corrected chi connectivity index (χ1v) is 8.44. The van der Waals surface area contributed by atoms with Gasteiger partial charge in [0.05, 0.1) is 0 Å². The second-order valence-electron chi connectivity index (χ2n) is 6.94. The third-order valence-electron chi connectivity index (χ3n) is 4.46. The quantitative estimate of drug-likeness (QED) is 0.459. The second-order valence-corrected chi connectivity index (χ2v) is 6.94. The second kappa shape index (κ2) is 6.20. The van der Waals surface area contributed by atoms with Gasteiger partial charge in [-0.3, -0.25) is 9.59 Å². The molecule has 122 valence electrons. The van der Waals surface area contributed by atoms with Crippen molar-refractivity contribution < 1.29 is 9.59 Å². The molecule has 0 fully saturated rings. The van der Waals surface area contributed by atoms with E-state index in [1.165, 1.54) is 0 Å². The molecule has 0 atom stereocenters. The van der Waals surface area contributed by atoms with Crippen molar-refractivity contribution in [3.05, 3.63) is 59.7 Å². The molecule has 3 aromatic rings. The van der Waals surface area contributed by atoms with Gasteiger partial charge in [0, 0.05) is 23.0 Å². The zero-order valence-electron chi connectivity index (χ0n) is 14.6. The molecule has 0 saturated carbocycles. The molecule has 24 heavy (non-hydrogen) atoms. The summed E-state index contributed by atoms with van der Waals surface area (Å²) in [5, 5.41) is 3.91. The summed E-state index contributed by atoms with van der Waals surface area (Å²) in [6.45, 7) is 7.67. The minimum absolute atomic E-state index is 0.0415. The summed E-state index contributed by atoms with van der Waals surface area (Å²) in [7, 11) is 0. The molecule has 2 heteroatoms. The molecule has 0 heterocycles. The van der Waals surface area contributed by atoms with Crippen molar-refractivity contribution in [3.8, 4) is 0 Å². The van der Waals surface area contributed by atoms with E-state index < -0.39 is 0 Å². The van der Waals surface area contributed by atoms with Crippen LogP contribution in [0.1, 0.15) is 48.4 Å². The van der Waals surface area contributed by atoms with Crippen molar-refractivity contribution >= 4 is 33.1 Å². The highest BCUT2D eigenvalue weighted by Gasteiger charge is 2.17. The van der Waals surface area contributed by atoms with E-state index in [0.29, 0.717) is 0 Å². The number of hydrogen-bond donors (Lipinski definition) is 0. The van der Waals surface area contributed by atoms with E-state index >= 15 is 0 Å². The van der Waals surface area contributed by atoms with Gasteiger partial charge in [-0.05, 0) is 33.7 Å². The molecule has 2 nitrogen and oxygen atoms in total. The van der Waals surface area contributed by atoms with Gasteiger partial charge < -0.3 is 0 Å². The van der Waals surface area contributed by atoms with Gasteiger partial charge in [-0.1, -0.05) is 64.1 Å². The molecule has 3 aromatic carbocycles. The third kappa shape index (κ3) is 2.73. The molecule has 0 aliphatic carbocycles. The maximum atomic E-state index is 12.5. The van der Waals surface area contributed by atoms with Gasteiger partial charge in [0.25, 0.3) is 0 Å². The first kappa shape index (κ1) is 16.4. The molecule has 0 N–H and O–H groups in total. The average molecular weight is 318 g/mol. The molecular weight excluding hydrogens is 296 g/mol. The first-order valence-electron chi connectivity index (χ1n) is 8.44. The van der Waals surface area contributed by atoms with E-state index in [4.69, 9.17) is 0 Å². The van der Waals surface area contributed by atoms with Crippen LogP contribution in [0.3, 0.4) is 0 Å². The zero-order chi connectivity index (χ0) is 17.4. The molecule has 0 spiro atoms. The fourth-order valence-corrected chi connectivity index (χ4v) is 3.10. The van der Waals surface area contributed by atoms with Gasteiger partial charge in [-0.2, -0.15) is 0 Å². The summed E-state index contributed by atoms with van der Waals surface area (Å²) in [5.74, 6) is 0.212. The Morgan fingerprint density at radius 2 is 1.04 bits per heavy atom.